The number of rotatable bonds is 3. The van der Waals surface area contributed by atoms with E-state index in [1.807, 2.05) is 6.20 Å². The molecular weight excluding hydrogens is 182 g/mol. The lowest BCUT2D eigenvalue weighted by Crippen LogP contribution is -2.39. The molecule has 1 fully saturated rings. The standard InChI is InChI=1S/C9H15N3S/c1-8-7-10-9(13)12(8)6-5-11-3-2-4-11/h7H,2-6H2,1H3,(H,10,13). The molecular formula is C9H15N3S. The highest BCUT2D eigenvalue weighted by Gasteiger charge is 2.13. The zero-order chi connectivity index (χ0) is 9.26. The average Bonchev–Trinajstić information content (AvgIpc) is 2.32. The zero-order valence-corrected chi connectivity index (χ0v) is 8.73. The Kier molecular flexibility index (Phi) is 2.51. The summed E-state index contributed by atoms with van der Waals surface area (Å²) in [5.74, 6) is 0. The third kappa shape index (κ3) is 1.84. The quantitative estimate of drug-likeness (QED) is 0.744. The number of aromatic amines is 1. The van der Waals surface area contributed by atoms with Gasteiger partial charge in [-0.25, -0.2) is 0 Å². The SMILES string of the molecule is Cc1c[nH]c(=S)n1CCN1CCC1. The number of aromatic nitrogens is 2. The van der Waals surface area contributed by atoms with Gasteiger partial charge in [-0.15, -0.1) is 0 Å². The van der Waals surface area contributed by atoms with Crippen molar-refractivity contribution < 1.29 is 0 Å². The van der Waals surface area contributed by atoms with Crippen LogP contribution in [-0.2, 0) is 6.54 Å². The normalized spacial score (nSPS) is 17.3. The molecule has 0 unspecified atom stereocenters. The van der Waals surface area contributed by atoms with E-state index in [-0.39, 0.29) is 0 Å². The first-order valence-electron chi connectivity index (χ1n) is 4.74. The summed E-state index contributed by atoms with van der Waals surface area (Å²) in [7, 11) is 0. The molecule has 3 nitrogen and oxygen atoms in total. The maximum Gasteiger partial charge on any atom is 0.177 e. The molecule has 2 rings (SSSR count). The third-order valence-electron chi connectivity index (χ3n) is 2.66. The van der Waals surface area contributed by atoms with Crippen molar-refractivity contribution in [2.24, 2.45) is 0 Å². The molecule has 0 saturated carbocycles. The minimum atomic E-state index is 0.845. The van der Waals surface area contributed by atoms with Crippen LogP contribution in [0.3, 0.4) is 0 Å². The molecule has 0 amide bonds. The van der Waals surface area contributed by atoms with Crippen LogP contribution < -0.4 is 0 Å². The van der Waals surface area contributed by atoms with E-state index in [1.54, 1.807) is 0 Å². The van der Waals surface area contributed by atoms with Crippen LogP contribution in [-0.4, -0.2) is 34.1 Å². The second-order valence-electron chi connectivity index (χ2n) is 3.58. The van der Waals surface area contributed by atoms with Crippen LogP contribution in [0.2, 0.25) is 0 Å². The summed E-state index contributed by atoms with van der Waals surface area (Å²) in [6.45, 7) is 6.76. The lowest BCUT2D eigenvalue weighted by molar-refractivity contribution is 0.174. The Morgan fingerprint density at radius 1 is 1.46 bits per heavy atom. The summed E-state index contributed by atoms with van der Waals surface area (Å²) in [4.78, 5) is 5.51. The van der Waals surface area contributed by atoms with Gasteiger partial charge in [0, 0.05) is 25.0 Å². The van der Waals surface area contributed by atoms with E-state index in [4.69, 9.17) is 12.2 Å². The van der Waals surface area contributed by atoms with E-state index in [0.29, 0.717) is 0 Å². The van der Waals surface area contributed by atoms with Crippen molar-refractivity contribution in [3.05, 3.63) is 16.7 Å². The van der Waals surface area contributed by atoms with E-state index in [9.17, 15) is 0 Å². The molecule has 1 saturated heterocycles. The smallest absolute Gasteiger partial charge is 0.177 e. The molecule has 13 heavy (non-hydrogen) atoms. The predicted molar refractivity (Wildman–Crippen MR) is 55.4 cm³/mol. The van der Waals surface area contributed by atoms with Crippen molar-refractivity contribution in [1.82, 2.24) is 14.5 Å². The van der Waals surface area contributed by atoms with Gasteiger partial charge in [0.1, 0.15) is 0 Å². The second kappa shape index (κ2) is 3.64. The Morgan fingerprint density at radius 3 is 2.69 bits per heavy atom. The summed E-state index contributed by atoms with van der Waals surface area (Å²) in [5, 5.41) is 0. The predicted octanol–water partition coefficient (Wildman–Crippen LogP) is 1.56. The Labute approximate surface area is 83.4 Å². The molecule has 0 atom stereocenters. The van der Waals surface area contributed by atoms with Crippen LogP contribution in [0.4, 0.5) is 0 Å². The molecule has 0 bridgehead atoms. The lowest BCUT2D eigenvalue weighted by Gasteiger charge is -2.30. The van der Waals surface area contributed by atoms with E-state index < -0.39 is 0 Å². The van der Waals surface area contributed by atoms with E-state index in [0.717, 1.165) is 17.9 Å². The fourth-order valence-electron chi connectivity index (χ4n) is 1.61. The largest absolute Gasteiger partial charge is 0.337 e. The number of imidazole rings is 1. The fraction of sp³-hybridized carbons (Fsp3) is 0.667. The summed E-state index contributed by atoms with van der Waals surface area (Å²) in [6, 6.07) is 0. The van der Waals surface area contributed by atoms with Gasteiger partial charge in [0.25, 0.3) is 0 Å². The first kappa shape index (κ1) is 8.97. The van der Waals surface area contributed by atoms with Crippen molar-refractivity contribution in [1.29, 1.82) is 0 Å². The van der Waals surface area contributed by atoms with E-state index in [1.165, 1.54) is 25.2 Å². The maximum atomic E-state index is 5.17. The van der Waals surface area contributed by atoms with Crippen LogP contribution in [0.5, 0.6) is 0 Å². The summed E-state index contributed by atoms with van der Waals surface area (Å²) >= 11 is 5.17. The van der Waals surface area contributed by atoms with Gasteiger partial charge in [0.15, 0.2) is 4.77 Å². The first-order chi connectivity index (χ1) is 6.27. The van der Waals surface area contributed by atoms with Gasteiger partial charge in [-0.2, -0.15) is 0 Å². The molecule has 2 heterocycles. The van der Waals surface area contributed by atoms with Crippen molar-refractivity contribution in [2.75, 3.05) is 19.6 Å². The molecule has 0 aromatic carbocycles. The topological polar surface area (TPSA) is 24.0 Å². The Balaban J connectivity index is 1.96. The zero-order valence-electron chi connectivity index (χ0n) is 7.92. The van der Waals surface area contributed by atoms with Crippen LogP contribution in [0, 0.1) is 11.7 Å². The number of nitrogens with zero attached hydrogens (tertiary/aromatic N) is 2. The molecule has 0 spiro atoms. The van der Waals surface area contributed by atoms with Crippen molar-refractivity contribution in [3.8, 4) is 0 Å². The summed E-state index contributed by atoms with van der Waals surface area (Å²) < 4.78 is 3.01. The Bertz CT molecular complexity index is 335. The number of hydrogen-bond donors (Lipinski definition) is 1. The molecule has 1 aromatic heterocycles. The monoisotopic (exact) mass is 197 g/mol. The van der Waals surface area contributed by atoms with Crippen LogP contribution in [0.15, 0.2) is 6.20 Å². The molecule has 72 valence electrons. The molecule has 1 aliphatic heterocycles. The van der Waals surface area contributed by atoms with Gasteiger partial charge in [-0.3, -0.25) is 0 Å². The number of aryl methyl sites for hydroxylation is 1. The van der Waals surface area contributed by atoms with Gasteiger partial charge >= 0.3 is 0 Å². The molecule has 0 radical (unpaired) electrons. The van der Waals surface area contributed by atoms with E-state index >= 15 is 0 Å². The highest BCUT2D eigenvalue weighted by molar-refractivity contribution is 7.71. The van der Waals surface area contributed by atoms with Gasteiger partial charge in [-0.1, -0.05) is 0 Å². The van der Waals surface area contributed by atoms with Crippen LogP contribution >= 0.6 is 12.2 Å². The fourth-order valence-corrected chi connectivity index (χ4v) is 1.90. The Morgan fingerprint density at radius 2 is 2.23 bits per heavy atom. The average molecular weight is 197 g/mol. The third-order valence-corrected chi connectivity index (χ3v) is 3.00. The van der Waals surface area contributed by atoms with Gasteiger partial charge < -0.3 is 14.5 Å². The number of H-pyrrole nitrogens is 1. The maximum absolute atomic E-state index is 5.17. The highest BCUT2D eigenvalue weighted by Crippen LogP contribution is 2.06. The Hall–Kier alpha value is -0.610. The van der Waals surface area contributed by atoms with Crippen LogP contribution in [0.1, 0.15) is 12.1 Å². The van der Waals surface area contributed by atoms with Crippen molar-refractivity contribution >= 4 is 12.2 Å². The van der Waals surface area contributed by atoms with Gasteiger partial charge in [0.2, 0.25) is 0 Å². The number of likely N-dealkylation sites (tertiary alicyclic amines) is 1. The number of hydrogen-bond acceptors (Lipinski definition) is 2. The van der Waals surface area contributed by atoms with Gasteiger partial charge in [-0.05, 0) is 38.7 Å². The lowest BCUT2D eigenvalue weighted by atomic mass is 10.2. The highest BCUT2D eigenvalue weighted by atomic mass is 32.1. The molecule has 0 aliphatic carbocycles. The van der Waals surface area contributed by atoms with Gasteiger partial charge in [0.05, 0.1) is 0 Å². The molecule has 1 N–H and O–H groups in total. The second-order valence-corrected chi connectivity index (χ2v) is 3.97. The van der Waals surface area contributed by atoms with Crippen molar-refractivity contribution in [3.63, 3.8) is 0 Å². The van der Waals surface area contributed by atoms with Crippen molar-refractivity contribution in [2.45, 2.75) is 19.9 Å². The minimum absolute atomic E-state index is 0.845. The van der Waals surface area contributed by atoms with Crippen LogP contribution in [0.25, 0.3) is 0 Å². The van der Waals surface area contributed by atoms with E-state index in [2.05, 4.69) is 21.4 Å². The summed E-state index contributed by atoms with van der Waals surface area (Å²) in [6.07, 6.45) is 3.33. The molecule has 1 aliphatic rings. The molecule has 4 heteroatoms. The minimum Gasteiger partial charge on any atom is -0.337 e. The summed E-state index contributed by atoms with van der Waals surface area (Å²) in [5.41, 5.74) is 1.23. The first-order valence-corrected chi connectivity index (χ1v) is 5.15. The number of nitrogens with one attached hydrogen (secondary N) is 1. The molecule has 1 aromatic rings.